The maximum Gasteiger partial charge on any atom is 0.271 e. The third kappa shape index (κ3) is 3.61. The number of amides is 2. The van der Waals surface area contributed by atoms with E-state index in [9.17, 15) is 14.4 Å². The van der Waals surface area contributed by atoms with E-state index in [0.717, 1.165) is 5.69 Å². The second kappa shape index (κ2) is 7.67. The van der Waals surface area contributed by atoms with E-state index in [2.05, 4.69) is 15.6 Å². The average Bonchev–Trinajstić information content (AvgIpc) is 3.01. The minimum Gasteiger partial charge on any atom is -0.350 e. The number of halogens is 1. The zero-order valence-corrected chi connectivity index (χ0v) is 15.4. The lowest BCUT2D eigenvalue weighted by molar-refractivity contribution is 0.0926. The number of hydrogen-bond acceptors (Lipinski definition) is 5. The number of nitrogens with zero attached hydrogens (tertiary/aromatic N) is 2. The van der Waals surface area contributed by atoms with Crippen LogP contribution in [0.5, 0.6) is 0 Å². The molecule has 2 amide bonds. The Morgan fingerprint density at radius 2 is 1.81 bits per heavy atom. The first-order valence-corrected chi connectivity index (χ1v) is 9.01. The maximum atomic E-state index is 12.4. The van der Waals surface area contributed by atoms with Crippen molar-refractivity contribution in [1.29, 1.82) is 0 Å². The van der Waals surface area contributed by atoms with Crippen LogP contribution >= 0.6 is 22.9 Å². The summed E-state index contributed by atoms with van der Waals surface area (Å²) in [6.07, 6.45) is 1.27. The Bertz CT molecular complexity index is 1040. The number of nitrogens with one attached hydrogen (secondary N) is 2. The molecular weight excluding hydrogens is 376 g/mol. The zero-order chi connectivity index (χ0) is 18.7. The van der Waals surface area contributed by atoms with Gasteiger partial charge in [-0.1, -0.05) is 23.7 Å². The SMILES string of the molecule is Cc1csc2ncc(C(=O)NCCNC(=O)c3ccccc3Cl)c(=O)n12. The van der Waals surface area contributed by atoms with Crippen molar-refractivity contribution in [3.63, 3.8) is 0 Å². The van der Waals surface area contributed by atoms with Crippen LogP contribution in [0.3, 0.4) is 0 Å². The van der Waals surface area contributed by atoms with Gasteiger partial charge in [-0.05, 0) is 19.1 Å². The third-order valence-electron chi connectivity index (χ3n) is 3.68. The number of rotatable bonds is 5. The van der Waals surface area contributed by atoms with E-state index in [0.29, 0.717) is 15.5 Å². The minimum absolute atomic E-state index is 0.0403. The molecular formula is C17H15ClN4O3S. The molecule has 26 heavy (non-hydrogen) atoms. The molecule has 3 aromatic rings. The summed E-state index contributed by atoms with van der Waals surface area (Å²) in [6.45, 7) is 2.14. The van der Waals surface area contributed by atoms with Crippen LogP contribution in [0.15, 0.2) is 40.6 Å². The zero-order valence-electron chi connectivity index (χ0n) is 13.8. The largest absolute Gasteiger partial charge is 0.350 e. The van der Waals surface area contributed by atoms with Crippen molar-refractivity contribution in [1.82, 2.24) is 20.0 Å². The summed E-state index contributed by atoms with van der Waals surface area (Å²) in [4.78, 5) is 41.3. The van der Waals surface area contributed by atoms with Gasteiger partial charge in [0.1, 0.15) is 5.56 Å². The van der Waals surface area contributed by atoms with E-state index >= 15 is 0 Å². The molecule has 2 N–H and O–H groups in total. The van der Waals surface area contributed by atoms with Crippen LogP contribution in [0.25, 0.3) is 4.96 Å². The van der Waals surface area contributed by atoms with Gasteiger partial charge in [0.2, 0.25) is 0 Å². The highest BCUT2D eigenvalue weighted by Gasteiger charge is 2.15. The molecule has 0 aliphatic heterocycles. The van der Waals surface area contributed by atoms with E-state index in [1.54, 1.807) is 36.6 Å². The van der Waals surface area contributed by atoms with Crippen molar-refractivity contribution >= 4 is 39.7 Å². The summed E-state index contributed by atoms with van der Waals surface area (Å²) in [5.41, 5.74) is 0.637. The Labute approximate surface area is 157 Å². The lowest BCUT2D eigenvalue weighted by Gasteiger charge is -2.08. The highest BCUT2D eigenvalue weighted by molar-refractivity contribution is 7.15. The van der Waals surface area contributed by atoms with Crippen molar-refractivity contribution in [3.05, 3.63) is 68.0 Å². The van der Waals surface area contributed by atoms with E-state index in [1.807, 2.05) is 0 Å². The van der Waals surface area contributed by atoms with Crippen molar-refractivity contribution in [2.45, 2.75) is 6.92 Å². The maximum absolute atomic E-state index is 12.4. The number of benzene rings is 1. The van der Waals surface area contributed by atoms with Gasteiger partial charge < -0.3 is 10.6 Å². The van der Waals surface area contributed by atoms with Crippen molar-refractivity contribution in [2.75, 3.05) is 13.1 Å². The number of thiazole rings is 1. The molecule has 0 bridgehead atoms. The van der Waals surface area contributed by atoms with Crippen LogP contribution in [0.2, 0.25) is 5.02 Å². The average molecular weight is 391 g/mol. The molecule has 0 aliphatic carbocycles. The molecule has 0 fully saturated rings. The molecule has 9 heteroatoms. The predicted molar refractivity (Wildman–Crippen MR) is 100 cm³/mol. The monoisotopic (exact) mass is 390 g/mol. The van der Waals surface area contributed by atoms with Crippen LogP contribution in [0.4, 0.5) is 0 Å². The summed E-state index contributed by atoms with van der Waals surface area (Å²) in [7, 11) is 0. The number of carbonyl (C=O) groups is 2. The first kappa shape index (κ1) is 18.1. The topological polar surface area (TPSA) is 92.6 Å². The normalized spacial score (nSPS) is 10.7. The quantitative estimate of drug-likeness (QED) is 0.650. The predicted octanol–water partition coefficient (Wildman–Crippen LogP) is 1.88. The Balaban J connectivity index is 1.59. The molecule has 3 rings (SSSR count). The lowest BCUT2D eigenvalue weighted by Crippen LogP contribution is -2.37. The van der Waals surface area contributed by atoms with Gasteiger partial charge in [0.15, 0.2) is 4.96 Å². The van der Waals surface area contributed by atoms with E-state index in [1.165, 1.54) is 21.9 Å². The molecule has 0 atom stereocenters. The third-order valence-corrected chi connectivity index (χ3v) is 4.96. The Morgan fingerprint density at radius 1 is 1.15 bits per heavy atom. The highest BCUT2D eigenvalue weighted by atomic mass is 35.5. The molecule has 7 nitrogen and oxygen atoms in total. The van der Waals surface area contributed by atoms with Crippen molar-refractivity contribution in [2.24, 2.45) is 0 Å². The van der Waals surface area contributed by atoms with Gasteiger partial charge >= 0.3 is 0 Å². The van der Waals surface area contributed by atoms with E-state index in [-0.39, 0.29) is 24.6 Å². The summed E-state index contributed by atoms with van der Waals surface area (Å²) in [5.74, 6) is -0.864. The van der Waals surface area contributed by atoms with Gasteiger partial charge in [0, 0.05) is 30.4 Å². The fourth-order valence-corrected chi connectivity index (χ4v) is 3.42. The van der Waals surface area contributed by atoms with E-state index in [4.69, 9.17) is 11.6 Å². The molecule has 0 aliphatic rings. The van der Waals surface area contributed by atoms with Crippen molar-refractivity contribution < 1.29 is 9.59 Å². The summed E-state index contributed by atoms with van der Waals surface area (Å²) in [6, 6.07) is 6.69. The van der Waals surface area contributed by atoms with Crippen LogP contribution in [0.1, 0.15) is 26.4 Å². The van der Waals surface area contributed by atoms with Gasteiger partial charge in [0.05, 0.1) is 10.6 Å². The molecule has 0 saturated carbocycles. The van der Waals surface area contributed by atoms with Gasteiger partial charge in [-0.25, -0.2) is 4.98 Å². The van der Waals surface area contributed by atoms with Crippen LogP contribution in [-0.2, 0) is 0 Å². The van der Waals surface area contributed by atoms with Crippen LogP contribution in [-0.4, -0.2) is 34.3 Å². The van der Waals surface area contributed by atoms with Crippen LogP contribution < -0.4 is 16.2 Å². The molecule has 0 saturated heterocycles. The molecule has 1 aromatic carbocycles. The number of aromatic nitrogens is 2. The summed E-state index contributed by atoms with van der Waals surface area (Å²) in [5, 5.41) is 7.42. The molecule has 2 heterocycles. The first-order chi connectivity index (χ1) is 12.5. The minimum atomic E-state index is -0.533. The number of carbonyl (C=O) groups excluding carboxylic acids is 2. The standard InChI is InChI=1S/C17H15ClN4O3S/c1-10-9-26-17-21-8-12(16(25)22(10)17)15(24)20-7-6-19-14(23)11-4-2-3-5-13(11)18/h2-5,8-9H,6-7H2,1H3,(H,19,23)(H,20,24). The van der Waals surface area contributed by atoms with E-state index < -0.39 is 11.5 Å². The summed E-state index contributed by atoms with van der Waals surface area (Å²) >= 11 is 7.29. The Hall–Kier alpha value is -2.71. The fraction of sp³-hybridized carbons (Fsp3) is 0.176. The number of hydrogen-bond donors (Lipinski definition) is 2. The fourth-order valence-electron chi connectivity index (χ4n) is 2.37. The molecule has 2 aromatic heterocycles. The lowest BCUT2D eigenvalue weighted by atomic mass is 10.2. The van der Waals surface area contributed by atoms with Crippen molar-refractivity contribution in [3.8, 4) is 0 Å². The van der Waals surface area contributed by atoms with Gasteiger partial charge in [-0.15, -0.1) is 11.3 Å². The number of aryl methyl sites for hydroxylation is 1. The van der Waals surface area contributed by atoms with Crippen LogP contribution in [0, 0.1) is 6.92 Å². The van der Waals surface area contributed by atoms with Gasteiger partial charge in [-0.2, -0.15) is 0 Å². The van der Waals surface area contributed by atoms with Gasteiger partial charge in [-0.3, -0.25) is 18.8 Å². The number of fused-ring (bicyclic) bond motifs is 1. The summed E-state index contributed by atoms with van der Waals surface area (Å²) < 4.78 is 1.40. The molecule has 0 spiro atoms. The van der Waals surface area contributed by atoms with Gasteiger partial charge in [0.25, 0.3) is 17.4 Å². The second-order valence-electron chi connectivity index (χ2n) is 5.46. The first-order valence-electron chi connectivity index (χ1n) is 7.76. The molecule has 0 unspecified atom stereocenters. The highest BCUT2D eigenvalue weighted by Crippen LogP contribution is 2.14. The smallest absolute Gasteiger partial charge is 0.271 e. The Kier molecular flexibility index (Phi) is 5.34. The molecule has 0 radical (unpaired) electrons. The second-order valence-corrected chi connectivity index (χ2v) is 6.71. The Morgan fingerprint density at radius 3 is 2.50 bits per heavy atom. The molecule has 134 valence electrons.